The van der Waals surface area contributed by atoms with E-state index in [2.05, 4.69) is 10.3 Å². The van der Waals surface area contributed by atoms with E-state index in [-0.39, 0.29) is 17.4 Å². The molecule has 0 radical (unpaired) electrons. The van der Waals surface area contributed by atoms with Crippen LogP contribution in [0.5, 0.6) is 11.5 Å². The van der Waals surface area contributed by atoms with Gasteiger partial charge in [0.2, 0.25) is 5.89 Å². The van der Waals surface area contributed by atoms with Crippen molar-refractivity contribution in [2.45, 2.75) is 6.54 Å². The Morgan fingerprint density at radius 1 is 1.21 bits per heavy atom. The number of amides is 1. The Labute approximate surface area is 138 Å². The number of methoxy groups -OCH3 is 1. The number of benzene rings is 2. The topological polar surface area (TPSA) is 84.6 Å². The number of carbonyl (C=O) groups is 1. The number of aromatic hydroxyl groups is 1. The molecule has 24 heavy (non-hydrogen) atoms. The number of para-hydroxylation sites is 1. The Morgan fingerprint density at radius 3 is 2.71 bits per heavy atom. The van der Waals surface area contributed by atoms with Crippen molar-refractivity contribution in [1.82, 2.24) is 10.3 Å². The number of aromatic nitrogens is 1. The summed E-state index contributed by atoms with van der Waals surface area (Å²) in [5.41, 5.74) is 1.74. The van der Waals surface area contributed by atoms with E-state index in [1.165, 1.54) is 18.4 Å². The Hall–Kier alpha value is -3.28. The summed E-state index contributed by atoms with van der Waals surface area (Å²) in [5.74, 6) is 0.843. The summed E-state index contributed by atoms with van der Waals surface area (Å²) in [6.45, 7) is 0.324. The van der Waals surface area contributed by atoms with Crippen LogP contribution < -0.4 is 10.1 Å². The van der Waals surface area contributed by atoms with E-state index in [0.29, 0.717) is 23.7 Å². The van der Waals surface area contributed by atoms with Crippen LogP contribution in [-0.4, -0.2) is 23.1 Å². The lowest BCUT2D eigenvalue weighted by molar-refractivity contribution is 0.0945. The number of hydrogen-bond acceptors (Lipinski definition) is 5. The molecule has 0 bridgehead atoms. The lowest BCUT2D eigenvalue weighted by Crippen LogP contribution is -2.23. The molecule has 2 N–H and O–H groups in total. The summed E-state index contributed by atoms with van der Waals surface area (Å²) in [6.07, 6.45) is 1.31. The van der Waals surface area contributed by atoms with Crippen LogP contribution >= 0.6 is 0 Å². The van der Waals surface area contributed by atoms with Crippen molar-refractivity contribution in [3.63, 3.8) is 0 Å². The molecule has 3 aromatic rings. The maximum Gasteiger partial charge on any atom is 0.273 e. The average molecular weight is 324 g/mol. The zero-order chi connectivity index (χ0) is 16.9. The molecular formula is C18H16N2O4. The van der Waals surface area contributed by atoms with Crippen LogP contribution in [-0.2, 0) is 6.54 Å². The van der Waals surface area contributed by atoms with Gasteiger partial charge in [0.1, 0.15) is 17.8 Å². The van der Waals surface area contributed by atoms with Crippen LogP contribution in [0, 0.1) is 0 Å². The van der Waals surface area contributed by atoms with Gasteiger partial charge in [0.15, 0.2) is 5.69 Å². The van der Waals surface area contributed by atoms with Crippen molar-refractivity contribution in [1.29, 1.82) is 0 Å². The van der Waals surface area contributed by atoms with Crippen LogP contribution in [0.15, 0.2) is 59.2 Å². The number of oxazole rings is 1. The molecule has 0 saturated heterocycles. The van der Waals surface area contributed by atoms with Gasteiger partial charge in [-0.25, -0.2) is 4.98 Å². The number of phenolic OH excluding ortho intramolecular Hbond substituents is 1. The predicted octanol–water partition coefficient (Wildman–Crippen LogP) is 2.99. The summed E-state index contributed by atoms with van der Waals surface area (Å²) in [6, 6.07) is 13.8. The van der Waals surface area contributed by atoms with E-state index in [0.717, 1.165) is 5.56 Å². The number of ether oxygens (including phenoxy) is 1. The minimum Gasteiger partial charge on any atom is -0.508 e. The summed E-state index contributed by atoms with van der Waals surface area (Å²) < 4.78 is 10.6. The molecule has 1 aromatic heterocycles. The van der Waals surface area contributed by atoms with Gasteiger partial charge in [-0.05, 0) is 30.3 Å². The molecule has 0 aliphatic rings. The van der Waals surface area contributed by atoms with Gasteiger partial charge in [0.25, 0.3) is 5.91 Å². The van der Waals surface area contributed by atoms with Crippen LogP contribution in [0.2, 0.25) is 0 Å². The highest BCUT2D eigenvalue weighted by atomic mass is 16.5. The first-order chi connectivity index (χ1) is 11.7. The average Bonchev–Trinajstić information content (AvgIpc) is 3.10. The zero-order valence-electron chi connectivity index (χ0n) is 13.0. The van der Waals surface area contributed by atoms with E-state index in [1.54, 1.807) is 19.2 Å². The van der Waals surface area contributed by atoms with Gasteiger partial charge in [0, 0.05) is 17.7 Å². The number of carbonyl (C=O) groups excluding carboxylic acids is 1. The first-order valence-corrected chi connectivity index (χ1v) is 7.32. The van der Waals surface area contributed by atoms with Crippen molar-refractivity contribution in [2.75, 3.05) is 7.11 Å². The molecule has 0 spiro atoms. The van der Waals surface area contributed by atoms with Crippen molar-refractivity contribution in [2.24, 2.45) is 0 Å². The van der Waals surface area contributed by atoms with Gasteiger partial charge in [0.05, 0.1) is 7.11 Å². The fraction of sp³-hybridized carbons (Fsp3) is 0.111. The van der Waals surface area contributed by atoms with E-state index in [9.17, 15) is 9.90 Å². The first-order valence-electron chi connectivity index (χ1n) is 7.32. The lowest BCUT2D eigenvalue weighted by Gasteiger charge is -2.08. The quantitative estimate of drug-likeness (QED) is 0.753. The minimum atomic E-state index is -0.338. The van der Waals surface area contributed by atoms with Gasteiger partial charge in [-0.1, -0.05) is 18.2 Å². The van der Waals surface area contributed by atoms with Gasteiger partial charge in [-0.3, -0.25) is 4.79 Å². The molecular weight excluding hydrogens is 308 g/mol. The molecule has 6 nitrogen and oxygen atoms in total. The van der Waals surface area contributed by atoms with Crippen LogP contribution in [0.4, 0.5) is 0 Å². The molecule has 0 fully saturated rings. The number of nitrogens with one attached hydrogen (secondary N) is 1. The summed E-state index contributed by atoms with van der Waals surface area (Å²) >= 11 is 0. The van der Waals surface area contributed by atoms with Gasteiger partial charge in [-0.15, -0.1) is 0 Å². The van der Waals surface area contributed by atoms with Gasteiger partial charge in [-0.2, -0.15) is 0 Å². The largest absolute Gasteiger partial charge is 0.508 e. The maximum atomic E-state index is 12.2. The fourth-order valence-electron chi connectivity index (χ4n) is 2.23. The fourth-order valence-corrected chi connectivity index (χ4v) is 2.23. The minimum absolute atomic E-state index is 0.153. The molecule has 0 aliphatic heterocycles. The first kappa shape index (κ1) is 15.6. The lowest BCUT2D eigenvalue weighted by atomic mass is 10.2. The number of phenols is 1. The van der Waals surface area contributed by atoms with Crippen molar-refractivity contribution < 1.29 is 19.1 Å². The third kappa shape index (κ3) is 3.38. The SMILES string of the molecule is COc1ccccc1CNC(=O)c1coc(-c2ccc(O)cc2)n1. The Balaban J connectivity index is 1.69. The third-order valence-corrected chi connectivity index (χ3v) is 3.48. The second kappa shape index (κ2) is 6.87. The molecule has 6 heteroatoms. The summed E-state index contributed by atoms with van der Waals surface area (Å²) in [7, 11) is 1.59. The normalized spacial score (nSPS) is 10.4. The van der Waals surface area contributed by atoms with Gasteiger partial charge < -0.3 is 19.6 Å². The molecule has 3 rings (SSSR count). The van der Waals surface area contributed by atoms with Crippen LogP contribution in [0.1, 0.15) is 16.1 Å². The Bertz CT molecular complexity index is 840. The second-order valence-corrected chi connectivity index (χ2v) is 5.08. The molecule has 0 atom stereocenters. The highest BCUT2D eigenvalue weighted by molar-refractivity contribution is 5.92. The van der Waals surface area contributed by atoms with Crippen molar-refractivity contribution in [3.05, 3.63) is 66.1 Å². The molecule has 122 valence electrons. The van der Waals surface area contributed by atoms with E-state index >= 15 is 0 Å². The number of hydrogen-bond donors (Lipinski definition) is 2. The third-order valence-electron chi connectivity index (χ3n) is 3.48. The standard InChI is InChI=1S/C18H16N2O4/c1-23-16-5-3-2-4-13(16)10-19-17(22)15-11-24-18(20-15)12-6-8-14(21)9-7-12/h2-9,11,21H,10H2,1H3,(H,19,22). The molecule has 1 heterocycles. The summed E-state index contributed by atoms with van der Waals surface area (Å²) in [5, 5.41) is 12.1. The maximum absolute atomic E-state index is 12.2. The molecule has 2 aromatic carbocycles. The molecule has 0 aliphatic carbocycles. The molecule has 1 amide bonds. The Morgan fingerprint density at radius 2 is 1.96 bits per heavy atom. The smallest absolute Gasteiger partial charge is 0.273 e. The van der Waals surface area contributed by atoms with E-state index < -0.39 is 0 Å². The number of rotatable bonds is 5. The van der Waals surface area contributed by atoms with E-state index in [4.69, 9.17) is 9.15 Å². The number of nitrogens with zero attached hydrogens (tertiary/aromatic N) is 1. The van der Waals surface area contributed by atoms with Crippen LogP contribution in [0.25, 0.3) is 11.5 Å². The van der Waals surface area contributed by atoms with Gasteiger partial charge >= 0.3 is 0 Å². The van der Waals surface area contributed by atoms with Crippen molar-refractivity contribution >= 4 is 5.91 Å². The van der Waals surface area contributed by atoms with Crippen LogP contribution in [0.3, 0.4) is 0 Å². The predicted molar refractivity (Wildman–Crippen MR) is 87.8 cm³/mol. The Kier molecular flexibility index (Phi) is 4.47. The highest BCUT2D eigenvalue weighted by Gasteiger charge is 2.14. The summed E-state index contributed by atoms with van der Waals surface area (Å²) in [4.78, 5) is 16.4. The molecule has 0 unspecified atom stereocenters. The highest BCUT2D eigenvalue weighted by Crippen LogP contribution is 2.21. The molecule has 0 saturated carbocycles. The van der Waals surface area contributed by atoms with E-state index in [1.807, 2.05) is 24.3 Å². The van der Waals surface area contributed by atoms with Crippen molar-refractivity contribution in [3.8, 4) is 23.0 Å². The zero-order valence-corrected chi connectivity index (χ0v) is 13.0. The second-order valence-electron chi connectivity index (χ2n) is 5.08. The monoisotopic (exact) mass is 324 g/mol.